The van der Waals surface area contributed by atoms with Crippen molar-refractivity contribution in [3.05, 3.63) is 29.6 Å². The number of hydrogen-bond acceptors (Lipinski definition) is 2. The summed E-state index contributed by atoms with van der Waals surface area (Å²) in [6, 6.07) is 3.93. The molecule has 2 N–H and O–H groups in total. The molecule has 3 heteroatoms. The van der Waals surface area contributed by atoms with Crippen LogP contribution < -0.4 is 5.73 Å². The zero-order chi connectivity index (χ0) is 7.40. The standard InChI is InChI=1S/C7H9IN2/c8-4-7-6(5-9)2-1-3-10-7/h1-3H,4-5,9H2. The lowest BCUT2D eigenvalue weighted by atomic mass is 10.2. The molecule has 0 aliphatic carbocycles. The van der Waals surface area contributed by atoms with Crippen molar-refractivity contribution in [3.63, 3.8) is 0 Å². The Morgan fingerprint density at radius 3 is 2.90 bits per heavy atom. The first kappa shape index (κ1) is 7.94. The maximum atomic E-state index is 5.48. The Bertz CT molecular complexity index is 190. The van der Waals surface area contributed by atoms with E-state index in [9.17, 15) is 0 Å². The van der Waals surface area contributed by atoms with Crippen LogP contribution in [-0.2, 0) is 11.0 Å². The minimum absolute atomic E-state index is 0.589. The van der Waals surface area contributed by atoms with Crippen LogP contribution in [0, 0.1) is 0 Å². The largest absolute Gasteiger partial charge is 0.326 e. The molecule has 0 amide bonds. The Balaban J connectivity index is 2.96. The number of hydrogen-bond donors (Lipinski definition) is 1. The molecule has 0 bridgehead atoms. The monoisotopic (exact) mass is 248 g/mol. The van der Waals surface area contributed by atoms with Gasteiger partial charge < -0.3 is 5.73 Å². The molecule has 1 rings (SSSR count). The normalized spacial score (nSPS) is 9.80. The number of rotatable bonds is 2. The lowest BCUT2D eigenvalue weighted by Gasteiger charge is -2.00. The van der Waals surface area contributed by atoms with Gasteiger partial charge in [-0.05, 0) is 11.6 Å². The summed E-state index contributed by atoms with van der Waals surface area (Å²) in [6.07, 6.45) is 1.80. The van der Waals surface area contributed by atoms with Crippen LogP contribution in [0.4, 0.5) is 0 Å². The van der Waals surface area contributed by atoms with Gasteiger partial charge in [0.2, 0.25) is 0 Å². The first-order chi connectivity index (χ1) is 4.88. The van der Waals surface area contributed by atoms with Crippen LogP contribution in [0.3, 0.4) is 0 Å². The van der Waals surface area contributed by atoms with Crippen LogP contribution in [0.5, 0.6) is 0 Å². The van der Waals surface area contributed by atoms with Gasteiger partial charge in [0, 0.05) is 17.2 Å². The molecule has 1 aromatic heterocycles. The van der Waals surface area contributed by atoms with E-state index < -0.39 is 0 Å². The van der Waals surface area contributed by atoms with E-state index in [1.807, 2.05) is 12.1 Å². The summed E-state index contributed by atoms with van der Waals surface area (Å²) in [5.41, 5.74) is 7.74. The minimum Gasteiger partial charge on any atom is -0.326 e. The van der Waals surface area contributed by atoms with E-state index in [1.54, 1.807) is 6.20 Å². The highest BCUT2D eigenvalue weighted by atomic mass is 127. The summed E-state index contributed by atoms with van der Waals surface area (Å²) < 4.78 is 0.936. The predicted octanol–water partition coefficient (Wildman–Crippen LogP) is 1.48. The van der Waals surface area contributed by atoms with Gasteiger partial charge in [-0.3, -0.25) is 4.98 Å². The van der Waals surface area contributed by atoms with Crippen LogP contribution >= 0.6 is 22.6 Å². The summed E-state index contributed by atoms with van der Waals surface area (Å²) >= 11 is 2.28. The van der Waals surface area contributed by atoms with Crippen molar-refractivity contribution in [1.29, 1.82) is 0 Å². The van der Waals surface area contributed by atoms with Crippen LogP contribution in [0.2, 0.25) is 0 Å². The second kappa shape index (κ2) is 3.88. The second-order valence-electron chi connectivity index (χ2n) is 1.95. The fourth-order valence-electron chi connectivity index (χ4n) is 0.777. The predicted molar refractivity (Wildman–Crippen MR) is 49.9 cm³/mol. The van der Waals surface area contributed by atoms with E-state index in [0.717, 1.165) is 15.7 Å². The molecular weight excluding hydrogens is 239 g/mol. The maximum Gasteiger partial charge on any atom is 0.0545 e. The molecule has 0 atom stereocenters. The van der Waals surface area contributed by atoms with Gasteiger partial charge in [0.25, 0.3) is 0 Å². The van der Waals surface area contributed by atoms with Crippen molar-refractivity contribution >= 4 is 22.6 Å². The van der Waals surface area contributed by atoms with Crippen LogP contribution in [-0.4, -0.2) is 4.98 Å². The number of nitrogens with two attached hydrogens (primary N) is 1. The molecule has 0 fully saturated rings. The van der Waals surface area contributed by atoms with Crippen molar-refractivity contribution < 1.29 is 0 Å². The smallest absolute Gasteiger partial charge is 0.0545 e. The highest BCUT2D eigenvalue weighted by Gasteiger charge is 1.96. The summed E-state index contributed by atoms with van der Waals surface area (Å²) in [5, 5.41) is 0. The van der Waals surface area contributed by atoms with Gasteiger partial charge in [-0.1, -0.05) is 28.7 Å². The Hall–Kier alpha value is -0.160. The maximum absolute atomic E-state index is 5.48. The van der Waals surface area contributed by atoms with Crippen LogP contribution in [0.15, 0.2) is 18.3 Å². The highest BCUT2D eigenvalue weighted by molar-refractivity contribution is 14.1. The van der Waals surface area contributed by atoms with Gasteiger partial charge in [0.1, 0.15) is 0 Å². The fourth-order valence-corrected chi connectivity index (χ4v) is 1.46. The highest BCUT2D eigenvalue weighted by Crippen LogP contribution is 2.07. The number of pyridine rings is 1. The SMILES string of the molecule is NCc1cccnc1CI. The van der Waals surface area contributed by atoms with Gasteiger partial charge in [0.05, 0.1) is 5.69 Å². The van der Waals surface area contributed by atoms with Gasteiger partial charge in [0.15, 0.2) is 0 Å². The van der Waals surface area contributed by atoms with Gasteiger partial charge in [-0.2, -0.15) is 0 Å². The average Bonchev–Trinajstić information content (AvgIpc) is 2.04. The van der Waals surface area contributed by atoms with Gasteiger partial charge >= 0.3 is 0 Å². The van der Waals surface area contributed by atoms with E-state index in [2.05, 4.69) is 27.6 Å². The summed E-state index contributed by atoms with van der Waals surface area (Å²) in [4.78, 5) is 4.18. The van der Waals surface area contributed by atoms with Crippen molar-refractivity contribution in [3.8, 4) is 0 Å². The lowest BCUT2D eigenvalue weighted by Crippen LogP contribution is -2.01. The third-order valence-corrected chi connectivity index (χ3v) is 2.05. The van der Waals surface area contributed by atoms with E-state index in [4.69, 9.17) is 5.73 Å². The number of halogens is 1. The number of alkyl halides is 1. The molecule has 0 aliphatic rings. The number of aromatic nitrogens is 1. The Morgan fingerprint density at radius 2 is 2.40 bits per heavy atom. The lowest BCUT2D eigenvalue weighted by molar-refractivity contribution is 1.01. The van der Waals surface area contributed by atoms with Crippen molar-refractivity contribution in [2.45, 2.75) is 11.0 Å². The third-order valence-electron chi connectivity index (χ3n) is 1.33. The molecule has 1 heterocycles. The zero-order valence-electron chi connectivity index (χ0n) is 5.55. The second-order valence-corrected chi connectivity index (χ2v) is 2.71. The Kier molecular flexibility index (Phi) is 3.08. The summed E-state index contributed by atoms with van der Waals surface area (Å²) in [5.74, 6) is 0. The van der Waals surface area contributed by atoms with E-state index in [1.165, 1.54) is 0 Å². The molecule has 0 unspecified atom stereocenters. The topological polar surface area (TPSA) is 38.9 Å². The van der Waals surface area contributed by atoms with E-state index >= 15 is 0 Å². The Labute approximate surface area is 74.0 Å². The first-order valence-electron chi connectivity index (χ1n) is 3.07. The molecule has 1 aromatic rings. The molecule has 0 aromatic carbocycles. The molecule has 0 aliphatic heterocycles. The summed E-state index contributed by atoms with van der Waals surface area (Å²) in [6.45, 7) is 0.589. The molecular formula is C7H9IN2. The molecule has 10 heavy (non-hydrogen) atoms. The molecule has 0 spiro atoms. The molecule has 0 radical (unpaired) electrons. The van der Waals surface area contributed by atoms with Crippen molar-refractivity contribution in [2.75, 3.05) is 0 Å². The van der Waals surface area contributed by atoms with Crippen LogP contribution in [0.25, 0.3) is 0 Å². The van der Waals surface area contributed by atoms with Gasteiger partial charge in [-0.25, -0.2) is 0 Å². The van der Waals surface area contributed by atoms with E-state index in [-0.39, 0.29) is 0 Å². The average molecular weight is 248 g/mol. The fraction of sp³-hybridized carbons (Fsp3) is 0.286. The quantitative estimate of drug-likeness (QED) is 0.635. The number of nitrogens with zero attached hydrogens (tertiary/aromatic N) is 1. The zero-order valence-corrected chi connectivity index (χ0v) is 7.71. The van der Waals surface area contributed by atoms with Crippen molar-refractivity contribution in [1.82, 2.24) is 4.98 Å². The third kappa shape index (κ3) is 1.67. The molecule has 2 nitrogen and oxygen atoms in total. The molecule has 54 valence electrons. The van der Waals surface area contributed by atoms with Crippen LogP contribution in [0.1, 0.15) is 11.3 Å². The first-order valence-corrected chi connectivity index (χ1v) is 4.60. The molecule has 0 saturated carbocycles. The Morgan fingerprint density at radius 1 is 1.60 bits per heavy atom. The van der Waals surface area contributed by atoms with Crippen molar-refractivity contribution in [2.24, 2.45) is 5.73 Å². The summed E-state index contributed by atoms with van der Waals surface area (Å²) in [7, 11) is 0. The molecule has 0 saturated heterocycles. The van der Waals surface area contributed by atoms with E-state index in [0.29, 0.717) is 6.54 Å². The van der Waals surface area contributed by atoms with Gasteiger partial charge in [-0.15, -0.1) is 0 Å². The minimum atomic E-state index is 0.589.